The number of halogens is 3. The summed E-state index contributed by atoms with van der Waals surface area (Å²) in [6.07, 6.45) is -2.49. The third kappa shape index (κ3) is 3.61. The van der Waals surface area contributed by atoms with Gasteiger partial charge in [-0.3, -0.25) is 4.79 Å². The van der Waals surface area contributed by atoms with Gasteiger partial charge in [-0.05, 0) is 12.8 Å². The molecule has 1 saturated heterocycles. The number of likely N-dealkylation sites (tertiary alicyclic amines) is 1. The smallest absolute Gasteiger partial charge is 0.471 e. The number of nitrogens with zero attached hydrogens (tertiary/aromatic N) is 1. The number of rotatable bonds is 1. The first kappa shape index (κ1) is 13.8. The molecule has 0 aromatic carbocycles. The minimum atomic E-state index is -5.01. The average molecular weight is 253 g/mol. The molecule has 0 aromatic heterocycles. The molecule has 1 atom stereocenters. The van der Waals surface area contributed by atoms with E-state index >= 15 is 0 Å². The highest BCUT2D eigenvalue weighted by Gasteiger charge is 2.46. The number of aliphatic carboxylic acids is 1. The van der Waals surface area contributed by atoms with Crippen LogP contribution >= 0.6 is 0 Å². The molecule has 17 heavy (non-hydrogen) atoms. The number of hydrogen-bond donors (Lipinski definition) is 1. The largest absolute Gasteiger partial charge is 0.480 e. The lowest BCUT2D eigenvalue weighted by Crippen LogP contribution is -2.51. The molecule has 1 rings (SSSR count). The van der Waals surface area contributed by atoms with Crippen LogP contribution in [0.25, 0.3) is 0 Å². The van der Waals surface area contributed by atoms with Crippen molar-refractivity contribution in [2.24, 2.45) is 0 Å². The van der Waals surface area contributed by atoms with Crippen LogP contribution in [0.4, 0.5) is 13.2 Å². The standard InChI is InChI=1S/C10H14F3NO3/c11-10(12,13)9(17)14-6-4-2-1-3-5-7(14)8(15)16/h7H,1-6H2,(H,15,16). The van der Waals surface area contributed by atoms with Crippen molar-refractivity contribution in [3.05, 3.63) is 0 Å². The van der Waals surface area contributed by atoms with Gasteiger partial charge in [0.1, 0.15) is 6.04 Å². The fraction of sp³-hybridized carbons (Fsp3) is 0.800. The molecule has 0 spiro atoms. The van der Waals surface area contributed by atoms with Gasteiger partial charge in [-0.15, -0.1) is 0 Å². The molecule has 1 aliphatic heterocycles. The molecule has 1 fully saturated rings. The van der Waals surface area contributed by atoms with Crippen molar-refractivity contribution in [2.45, 2.75) is 44.3 Å². The maximum atomic E-state index is 12.3. The lowest BCUT2D eigenvalue weighted by molar-refractivity contribution is -0.190. The Kier molecular flexibility index (Phi) is 4.36. The molecule has 0 aromatic rings. The number of hydrogen-bond acceptors (Lipinski definition) is 2. The molecule has 1 heterocycles. The van der Waals surface area contributed by atoms with Crippen LogP contribution in [0, 0.1) is 0 Å². The van der Waals surface area contributed by atoms with Gasteiger partial charge in [0.15, 0.2) is 0 Å². The first-order chi connectivity index (χ1) is 7.84. The number of carboxylic acids is 1. The quantitative estimate of drug-likeness (QED) is 0.775. The Morgan fingerprint density at radius 2 is 1.71 bits per heavy atom. The van der Waals surface area contributed by atoms with Gasteiger partial charge in [0.25, 0.3) is 0 Å². The van der Waals surface area contributed by atoms with Crippen LogP contribution in [-0.4, -0.2) is 40.6 Å². The molecule has 7 heteroatoms. The SMILES string of the molecule is O=C(O)C1CCCCCCN1C(=O)C(F)(F)F. The Morgan fingerprint density at radius 1 is 1.12 bits per heavy atom. The molecule has 4 nitrogen and oxygen atoms in total. The predicted octanol–water partition coefficient (Wildman–Crippen LogP) is 1.79. The Hall–Kier alpha value is -1.27. The van der Waals surface area contributed by atoms with Crippen molar-refractivity contribution < 1.29 is 27.9 Å². The van der Waals surface area contributed by atoms with E-state index in [-0.39, 0.29) is 13.0 Å². The van der Waals surface area contributed by atoms with Gasteiger partial charge in [-0.2, -0.15) is 13.2 Å². The van der Waals surface area contributed by atoms with Crippen molar-refractivity contribution in [3.63, 3.8) is 0 Å². The van der Waals surface area contributed by atoms with Crippen molar-refractivity contribution in [1.82, 2.24) is 4.90 Å². The van der Waals surface area contributed by atoms with Gasteiger partial charge in [0.05, 0.1) is 0 Å². The Morgan fingerprint density at radius 3 is 2.24 bits per heavy atom. The zero-order valence-corrected chi connectivity index (χ0v) is 9.16. The van der Waals surface area contributed by atoms with E-state index in [1.807, 2.05) is 0 Å². The summed E-state index contributed by atoms with van der Waals surface area (Å²) in [4.78, 5) is 22.5. The Bertz CT molecular complexity index is 304. The topological polar surface area (TPSA) is 57.6 Å². The average Bonchev–Trinajstić information content (AvgIpc) is 2.14. The second-order valence-corrected chi connectivity index (χ2v) is 4.05. The van der Waals surface area contributed by atoms with E-state index in [2.05, 4.69) is 0 Å². The molecule has 0 saturated carbocycles. The molecule has 1 unspecified atom stereocenters. The normalized spacial score (nSPS) is 22.8. The molecule has 1 N–H and O–H groups in total. The molecule has 1 amide bonds. The molecular weight excluding hydrogens is 239 g/mol. The lowest BCUT2D eigenvalue weighted by Gasteiger charge is -2.31. The summed E-state index contributed by atoms with van der Waals surface area (Å²) in [6.45, 7) is -0.144. The van der Waals surface area contributed by atoms with E-state index in [1.165, 1.54) is 0 Å². The first-order valence-electron chi connectivity index (χ1n) is 5.44. The number of alkyl halides is 3. The van der Waals surface area contributed by atoms with E-state index in [4.69, 9.17) is 5.11 Å². The van der Waals surface area contributed by atoms with Crippen molar-refractivity contribution in [2.75, 3.05) is 6.54 Å². The first-order valence-corrected chi connectivity index (χ1v) is 5.44. The van der Waals surface area contributed by atoms with Crippen LogP contribution in [-0.2, 0) is 9.59 Å². The van der Waals surface area contributed by atoms with Crippen LogP contribution in [0.5, 0.6) is 0 Å². The van der Waals surface area contributed by atoms with Gasteiger partial charge in [-0.1, -0.05) is 19.3 Å². The third-order valence-electron chi connectivity index (χ3n) is 2.79. The molecule has 0 radical (unpaired) electrons. The third-order valence-corrected chi connectivity index (χ3v) is 2.79. The summed E-state index contributed by atoms with van der Waals surface area (Å²) >= 11 is 0. The van der Waals surface area contributed by atoms with E-state index in [0.29, 0.717) is 24.2 Å². The molecule has 1 aliphatic rings. The van der Waals surface area contributed by atoms with Crippen LogP contribution in [0.3, 0.4) is 0 Å². The number of amides is 1. The van der Waals surface area contributed by atoms with Crippen LogP contribution in [0.1, 0.15) is 32.1 Å². The highest BCUT2D eigenvalue weighted by atomic mass is 19.4. The zero-order valence-electron chi connectivity index (χ0n) is 9.16. The summed E-state index contributed by atoms with van der Waals surface area (Å²) in [5.74, 6) is -3.42. The fourth-order valence-corrected chi connectivity index (χ4v) is 1.95. The molecule has 0 aliphatic carbocycles. The summed E-state index contributed by atoms with van der Waals surface area (Å²) in [7, 11) is 0. The van der Waals surface area contributed by atoms with Gasteiger partial charge < -0.3 is 10.0 Å². The molecular formula is C10H14F3NO3. The molecule has 0 bridgehead atoms. The number of carboxylic acid groups (broad SMARTS) is 1. The maximum absolute atomic E-state index is 12.3. The Balaban J connectivity index is 2.87. The second-order valence-electron chi connectivity index (χ2n) is 4.05. The highest BCUT2D eigenvalue weighted by molar-refractivity contribution is 5.87. The van der Waals surface area contributed by atoms with Crippen LogP contribution in [0.2, 0.25) is 0 Å². The van der Waals surface area contributed by atoms with Crippen molar-refractivity contribution in [3.8, 4) is 0 Å². The zero-order chi connectivity index (χ0) is 13.1. The predicted molar refractivity (Wildman–Crippen MR) is 52.3 cm³/mol. The van der Waals surface area contributed by atoms with Gasteiger partial charge in [0.2, 0.25) is 0 Å². The minimum absolute atomic E-state index is 0.0805. The number of carbonyl (C=O) groups excluding carboxylic acids is 1. The van der Waals surface area contributed by atoms with E-state index in [1.54, 1.807) is 0 Å². The van der Waals surface area contributed by atoms with Gasteiger partial charge in [0, 0.05) is 6.54 Å². The van der Waals surface area contributed by atoms with Crippen molar-refractivity contribution >= 4 is 11.9 Å². The van der Waals surface area contributed by atoms with E-state index in [0.717, 1.165) is 6.42 Å². The summed E-state index contributed by atoms with van der Waals surface area (Å²) in [6, 6.07) is -1.36. The van der Waals surface area contributed by atoms with Crippen LogP contribution in [0.15, 0.2) is 0 Å². The summed E-state index contributed by atoms with van der Waals surface area (Å²) < 4.78 is 37.0. The lowest BCUT2D eigenvalue weighted by atomic mass is 10.0. The van der Waals surface area contributed by atoms with Gasteiger partial charge >= 0.3 is 18.1 Å². The maximum Gasteiger partial charge on any atom is 0.471 e. The van der Waals surface area contributed by atoms with Gasteiger partial charge in [-0.25, -0.2) is 4.79 Å². The fourth-order valence-electron chi connectivity index (χ4n) is 1.95. The second kappa shape index (κ2) is 5.37. The Labute approximate surface area is 96.4 Å². The highest BCUT2D eigenvalue weighted by Crippen LogP contribution is 2.24. The summed E-state index contributed by atoms with van der Waals surface area (Å²) in [5, 5.41) is 8.88. The monoisotopic (exact) mass is 253 g/mol. The van der Waals surface area contributed by atoms with E-state index < -0.39 is 24.1 Å². The minimum Gasteiger partial charge on any atom is -0.480 e. The summed E-state index contributed by atoms with van der Waals surface area (Å²) in [5.41, 5.74) is 0. The van der Waals surface area contributed by atoms with Crippen molar-refractivity contribution in [1.29, 1.82) is 0 Å². The van der Waals surface area contributed by atoms with E-state index in [9.17, 15) is 22.8 Å². The number of carbonyl (C=O) groups is 2. The van der Waals surface area contributed by atoms with Crippen LogP contribution < -0.4 is 0 Å². The molecule has 98 valence electrons.